The molecule has 0 bridgehead atoms. The summed E-state index contributed by atoms with van der Waals surface area (Å²) < 4.78 is 5.28. The first-order chi connectivity index (χ1) is 5.93. The molecule has 0 spiro atoms. The molecule has 0 aromatic heterocycles. The van der Waals surface area contributed by atoms with Crippen LogP contribution in [0.25, 0.3) is 0 Å². The van der Waals surface area contributed by atoms with E-state index < -0.39 is 0 Å². The Kier molecular flexibility index (Phi) is 5.82. The predicted molar refractivity (Wildman–Crippen MR) is 54.8 cm³/mol. The van der Waals surface area contributed by atoms with Crippen LogP contribution in [0.2, 0.25) is 0 Å². The van der Waals surface area contributed by atoms with E-state index in [1.807, 2.05) is 11.8 Å². The lowest BCUT2D eigenvalue weighted by Crippen LogP contribution is -2.36. The molecule has 0 saturated carbocycles. The molecule has 12 heavy (non-hydrogen) atoms. The lowest BCUT2D eigenvalue weighted by molar-refractivity contribution is 0.0786. The molecule has 1 heterocycles. The minimum Gasteiger partial charge on any atom is -0.381 e. The maximum absolute atomic E-state index is 5.28. The molecule has 1 aliphatic heterocycles. The van der Waals surface area contributed by atoms with Crippen LogP contribution in [0, 0.1) is 0 Å². The average Bonchev–Trinajstić information content (AvgIpc) is 2.14. The number of hydrogen-bond donors (Lipinski definition) is 1. The van der Waals surface area contributed by atoms with Gasteiger partial charge in [-0.25, -0.2) is 0 Å². The molecule has 1 aliphatic rings. The van der Waals surface area contributed by atoms with Gasteiger partial charge in [-0.3, -0.25) is 0 Å². The lowest BCUT2D eigenvalue weighted by atomic mass is 10.1. The van der Waals surface area contributed by atoms with Crippen molar-refractivity contribution in [2.24, 2.45) is 0 Å². The molecule has 0 radical (unpaired) electrons. The highest BCUT2D eigenvalue weighted by atomic mass is 32.2. The third-order valence-corrected chi connectivity index (χ3v) is 3.01. The van der Waals surface area contributed by atoms with E-state index in [9.17, 15) is 0 Å². The van der Waals surface area contributed by atoms with Gasteiger partial charge in [0.15, 0.2) is 0 Å². The van der Waals surface area contributed by atoms with Crippen molar-refractivity contribution in [3.05, 3.63) is 0 Å². The van der Waals surface area contributed by atoms with E-state index in [4.69, 9.17) is 4.74 Å². The Morgan fingerprint density at radius 3 is 2.83 bits per heavy atom. The molecule has 0 aliphatic carbocycles. The van der Waals surface area contributed by atoms with Crippen LogP contribution in [0.4, 0.5) is 0 Å². The van der Waals surface area contributed by atoms with Crippen LogP contribution in [0.5, 0.6) is 0 Å². The fourth-order valence-corrected chi connectivity index (χ4v) is 1.93. The molecule has 0 amide bonds. The minimum atomic E-state index is 0.719. The van der Waals surface area contributed by atoms with Gasteiger partial charge in [0.1, 0.15) is 0 Å². The lowest BCUT2D eigenvalue weighted by Gasteiger charge is -2.22. The Morgan fingerprint density at radius 2 is 2.17 bits per heavy atom. The molecular weight excluding hydrogens is 170 g/mol. The first-order valence-electron chi connectivity index (χ1n) is 4.82. The molecule has 0 aromatic rings. The van der Waals surface area contributed by atoms with Gasteiger partial charge in [-0.15, -0.1) is 0 Å². The second-order valence-corrected chi connectivity index (χ2v) is 4.43. The standard InChI is InChI=1S/C9H19NOS/c1-2-12-8-5-10-9-3-6-11-7-4-9/h9-10H,2-8H2,1H3. The van der Waals surface area contributed by atoms with E-state index >= 15 is 0 Å². The summed E-state index contributed by atoms with van der Waals surface area (Å²) in [4.78, 5) is 0. The fourth-order valence-electron chi connectivity index (χ4n) is 1.38. The zero-order chi connectivity index (χ0) is 8.65. The number of rotatable bonds is 5. The fraction of sp³-hybridized carbons (Fsp3) is 1.00. The summed E-state index contributed by atoms with van der Waals surface area (Å²) in [5.74, 6) is 2.48. The summed E-state index contributed by atoms with van der Waals surface area (Å²) in [5, 5.41) is 3.56. The third kappa shape index (κ3) is 4.33. The van der Waals surface area contributed by atoms with Crippen LogP contribution in [0.1, 0.15) is 19.8 Å². The summed E-state index contributed by atoms with van der Waals surface area (Å²) in [6.45, 7) is 5.25. The Bertz CT molecular complexity index is 105. The molecule has 1 N–H and O–H groups in total. The second-order valence-electron chi connectivity index (χ2n) is 3.04. The molecule has 1 saturated heterocycles. The van der Waals surface area contributed by atoms with Gasteiger partial charge in [0.2, 0.25) is 0 Å². The van der Waals surface area contributed by atoms with Gasteiger partial charge in [-0.1, -0.05) is 6.92 Å². The highest BCUT2D eigenvalue weighted by Crippen LogP contribution is 2.06. The Balaban J connectivity index is 1.91. The zero-order valence-corrected chi connectivity index (χ0v) is 8.66. The predicted octanol–water partition coefficient (Wildman–Crippen LogP) is 1.51. The first-order valence-corrected chi connectivity index (χ1v) is 5.98. The van der Waals surface area contributed by atoms with Gasteiger partial charge in [-0.05, 0) is 18.6 Å². The van der Waals surface area contributed by atoms with Gasteiger partial charge in [-0.2, -0.15) is 11.8 Å². The summed E-state index contributed by atoms with van der Waals surface area (Å²) in [7, 11) is 0. The maximum Gasteiger partial charge on any atom is 0.0480 e. The summed E-state index contributed by atoms with van der Waals surface area (Å²) in [6, 6.07) is 0.719. The molecule has 3 heteroatoms. The summed E-state index contributed by atoms with van der Waals surface area (Å²) in [5.41, 5.74) is 0. The van der Waals surface area contributed by atoms with Gasteiger partial charge < -0.3 is 10.1 Å². The van der Waals surface area contributed by atoms with Gasteiger partial charge in [0.05, 0.1) is 0 Å². The van der Waals surface area contributed by atoms with E-state index in [0.717, 1.165) is 25.8 Å². The first kappa shape index (κ1) is 10.4. The molecule has 0 aromatic carbocycles. The molecule has 72 valence electrons. The number of ether oxygens (including phenoxy) is 1. The van der Waals surface area contributed by atoms with Crippen molar-refractivity contribution in [1.29, 1.82) is 0 Å². The Morgan fingerprint density at radius 1 is 1.42 bits per heavy atom. The normalized spacial score (nSPS) is 19.8. The summed E-state index contributed by atoms with van der Waals surface area (Å²) >= 11 is 2.00. The van der Waals surface area contributed by atoms with Crippen molar-refractivity contribution in [2.75, 3.05) is 31.3 Å². The maximum atomic E-state index is 5.28. The number of hydrogen-bond acceptors (Lipinski definition) is 3. The smallest absolute Gasteiger partial charge is 0.0480 e. The average molecular weight is 189 g/mol. The quantitative estimate of drug-likeness (QED) is 0.662. The molecule has 1 rings (SSSR count). The zero-order valence-electron chi connectivity index (χ0n) is 7.84. The molecular formula is C9H19NOS. The minimum absolute atomic E-state index is 0.719. The van der Waals surface area contributed by atoms with Crippen LogP contribution >= 0.6 is 11.8 Å². The van der Waals surface area contributed by atoms with Crippen LogP contribution in [-0.4, -0.2) is 37.3 Å². The van der Waals surface area contributed by atoms with Crippen LogP contribution in [0.15, 0.2) is 0 Å². The Hall–Kier alpha value is 0.270. The van der Waals surface area contributed by atoms with Crippen molar-refractivity contribution in [2.45, 2.75) is 25.8 Å². The van der Waals surface area contributed by atoms with Crippen molar-refractivity contribution in [3.8, 4) is 0 Å². The van der Waals surface area contributed by atoms with Crippen LogP contribution in [-0.2, 0) is 4.74 Å². The second kappa shape index (κ2) is 6.75. The molecule has 1 fully saturated rings. The van der Waals surface area contributed by atoms with Crippen LogP contribution in [0.3, 0.4) is 0 Å². The van der Waals surface area contributed by atoms with Gasteiger partial charge in [0.25, 0.3) is 0 Å². The Labute approximate surface area is 79.4 Å². The topological polar surface area (TPSA) is 21.3 Å². The van der Waals surface area contributed by atoms with E-state index in [1.54, 1.807) is 0 Å². The van der Waals surface area contributed by atoms with Crippen molar-refractivity contribution >= 4 is 11.8 Å². The summed E-state index contributed by atoms with van der Waals surface area (Å²) in [6.07, 6.45) is 2.38. The largest absolute Gasteiger partial charge is 0.381 e. The SMILES string of the molecule is CCSCCNC1CCOCC1. The monoisotopic (exact) mass is 189 g/mol. The van der Waals surface area contributed by atoms with Crippen LogP contribution < -0.4 is 5.32 Å². The number of thioether (sulfide) groups is 1. The highest BCUT2D eigenvalue weighted by molar-refractivity contribution is 7.99. The number of nitrogens with one attached hydrogen (secondary N) is 1. The van der Waals surface area contributed by atoms with E-state index in [0.29, 0.717) is 0 Å². The van der Waals surface area contributed by atoms with E-state index in [1.165, 1.54) is 24.3 Å². The van der Waals surface area contributed by atoms with Gasteiger partial charge >= 0.3 is 0 Å². The van der Waals surface area contributed by atoms with Crippen molar-refractivity contribution in [1.82, 2.24) is 5.32 Å². The third-order valence-electron chi connectivity index (χ3n) is 2.10. The highest BCUT2D eigenvalue weighted by Gasteiger charge is 2.11. The molecule has 2 nitrogen and oxygen atoms in total. The molecule has 0 unspecified atom stereocenters. The van der Waals surface area contributed by atoms with E-state index in [-0.39, 0.29) is 0 Å². The van der Waals surface area contributed by atoms with Crippen molar-refractivity contribution < 1.29 is 4.74 Å². The van der Waals surface area contributed by atoms with Gasteiger partial charge in [0, 0.05) is 31.6 Å². The van der Waals surface area contributed by atoms with Crippen molar-refractivity contribution in [3.63, 3.8) is 0 Å². The van der Waals surface area contributed by atoms with E-state index in [2.05, 4.69) is 12.2 Å². The molecule has 0 atom stereocenters.